The van der Waals surface area contributed by atoms with Crippen molar-refractivity contribution < 1.29 is 19.4 Å². The number of benzene rings is 2. The summed E-state index contributed by atoms with van der Waals surface area (Å²) in [5.41, 5.74) is 3.16. The van der Waals surface area contributed by atoms with Crippen molar-refractivity contribution in [3.63, 3.8) is 0 Å². The zero-order valence-electron chi connectivity index (χ0n) is 14.5. The molecule has 0 saturated heterocycles. The second kappa shape index (κ2) is 8.62. The number of carbonyl (C=O) groups excluding carboxylic acids is 1. The predicted octanol–water partition coefficient (Wildman–Crippen LogP) is 3.66. The van der Waals surface area contributed by atoms with Crippen LogP contribution < -0.4 is 10.1 Å². The average molecular weight is 362 g/mol. The molecule has 1 heterocycles. The Hall–Kier alpha value is -3.67. The van der Waals surface area contributed by atoms with Gasteiger partial charge in [0.2, 0.25) is 5.88 Å². The molecule has 3 aromatic rings. The smallest absolute Gasteiger partial charge is 0.449 e. The molecule has 136 valence electrons. The number of hydrogen-bond acceptors (Lipinski definition) is 4. The van der Waals surface area contributed by atoms with E-state index in [0.717, 1.165) is 11.1 Å². The molecule has 0 saturated carbocycles. The summed E-state index contributed by atoms with van der Waals surface area (Å²) >= 11 is 0. The highest BCUT2D eigenvalue weighted by Crippen LogP contribution is 2.19. The first kappa shape index (κ1) is 18.1. The predicted molar refractivity (Wildman–Crippen MR) is 99.8 cm³/mol. The zero-order valence-corrected chi connectivity index (χ0v) is 14.5. The van der Waals surface area contributed by atoms with Crippen LogP contribution in [0.1, 0.15) is 27.0 Å². The highest BCUT2D eigenvalue weighted by atomic mass is 16.7. The Morgan fingerprint density at radius 1 is 0.926 bits per heavy atom. The Bertz CT molecular complexity index is 924. The van der Waals surface area contributed by atoms with Gasteiger partial charge in [0.25, 0.3) is 5.91 Å². The first-order chi connectivity index (χ1) is 13.1. The molecular formula is C21H18N2O4. The summed E-state index contributed by atoms with van der Waals surface area (Å²) in [6.07, 6.45) is 0.519. The molecule has 1 amide bonds. The summed E-state index contributed by atoms with van der Waals surface area (Å²) in [7, 11) is 0. The molecule has 0 fully saturated rings. The molecule has 0 bridgehead atoms. The number of nitrogens with one attached hydrogen (secondary N) is 1. The van der Waals surface area contributed by atoms with Crippen molar-refractivity contribution in [2.75, 3.05) is 0 Å². The lowest BCUT2D eigenvalue weighted by molar-refractivity contribution is 0.0950. The fourth-order valence-corrected chi connectivity index (χ4v) is 2.61. The zero-order chi connectivity index (χ0) is 19.1. The quantitative estimate of drug-likeness (QED) is 0.653. The SMILES string of the molecule is O=C(O)Oc1ncccc1Cc1ccc(C(=O)NCc2ccccc2)cc1. The maximum atomic E-state index is 12.3. The highest BCUT2D eigenvalue weighted by Gasteiger charge is 2.10. The van der Waals surface area contributed by atoms with Gasteiger partial charge in [-0.25, -0.2) is 9.78 Å². The third kappa shape index (κ3) is 5.15. The number of carboxylic acid groups (broad SMARTS) is 1. The van der Waals surface area contributed by atoms with Gasteiger partial charge in [-0.2, -0.15) is 0 Å². The van der Waals surface area contributed by atoms with Gasteiger partial charge in [-0.1, -0.05) is 48.5 Å². The highest BCUT2D eigenvalue weighted by molar-refractivity contribution is 5.94. The topological polar surface area (TPSA) is 88.5 Å². The van der Waals surface area contributed by atoms with E-state index in [-0.39, 0.29) is 11.8 Å². The number of aromatic nitrogens is 1. The van der Waals surface area contributed by atoms with E-state index in [1.807, 2.05) is 42.5 Å². The normalized spacial score (nSPS) is 10.2. The Labute approximate surface area is 156 Å². The van der Waals surface area contributed by atoms with E-state index in [2.05, 4.69) is 10.3 Å². The summed E-state index contributed by atoms with van der Waals surface area (Å²) in [6.45, 7) is 0.465. The van der Waals surface area contributed by atoms with Crippen LogP contribution in [0.4, 0.5) is 4.79 Å². The van der Waals surface area contributed by atoms with E-state index in [4.69, 9.17) is 9.84 Å². The summed E-state index contributed by atoms with van der Waals surface area (Å²) in [6, 6.07) is 20.3. The van der Waals surface area contributed by atoms with Gasteiger partial charge in [-0.05, 0) is 29.3 Å². The number of carbonyl (C=O) groups is 2. The van der Waals surface area contributed by atoms with Gasteiger partial charge in [0.1, 0.15) is 0 Å². The molecule has 1 aromatic heterocycles. The lowest BCUT2D eigenvalue weighted by atomic mass is 10.0. The van der Waals surface area contributed by atoms with Crippen LogP contribution in [0.15, 0.2) is 72.9 Å². The van der Waals surface area contributed by atoms with Crippen molar-refractivity contribution in [3.8, 4) is 5.88 Å². The van der Waals surface area contributed by atoms with Crippen molar-refractivity contribution in [1.82, 2.24) is 10.3 Å². The first-order valence-electron chi connectivity index (χ1n) is 8.37. The second-order valence-corrected chi connectivity index (χ2v) is 5.88. The molecule has 2 aromatic carbocycles. The molecule has 2 N–H and O–H groups in total. The Balaban J connectivity index is 1.64. The number of ether oxygens (including phenoxy) is 1. The van der Waals surface area contributed by atoms with Gasteiger partial charge in [-0.15, -0.1) is 0 Å². The molecule has 6 heteroatoms. The van der Waals surface area contributed by atoms with Crippen LogP contribution in [0.2, 0.25) is 0 Å². The maximum Gasteiger partial charge on any atom is 0.512 e. The van der Waals surface area contributed by atoms with Gasteiger partial charge in [0.05, 0.1) is 0 Å². The van der Waals surface area contributed by atoms with Gasteiger partial charge < -0.3 is 15.2 Å². The minimum Gasteiger partial charge on any atom is -0.449 e. The van der Waals surface area contributed by atoms with Crippen molar-refractivity contribution in [2.45, 2.75) is 13.0 Å². The van der Waals surface area contributed by atoms with Crippen LogP contribution in [-0.2, 0) is 13.0 Å². The lowest BCUT2D eigenvalue weighted by Gasteiger charge is -2.08. The van der Waals surface area contributed by atoms with Crippen LogP contribution in [0.3, 0.4) is 0 Å². The van der Waals surface area contributed by atoms with Crippen LogP contribution in [0.25, 0.3) is 0 Å². The fourth-order valence-electron chi connectivity index (χ4n) is 2.61. The Morgan fingerprint density at radius 3 is 2.37 bits per heavy atom. The molecule has 0 unspecified atom stereocenters. The number of hydrogen-bond donors (Lipinski definition) is 2. The first-order valence-corrected chi connectivity index (χ1v) is 8.37. The van der Waals surface area contributed by atoms with Crippen LogP contribution >= 0.6 is 0 Å². The van der Waals surface area contributed by atoms with Crippen molar-refractivity contribution in [1.29, 1.82) is 0 Å². The number of amides is 1. The average Bonchev–Trinajstić information content (AvgIpc) is 2.69. The van der Waals surface area contributed by atoms with Gasteiger partial charge in [0.15, 0.2) is 0 Å². The molecule has 0 atom stereocenters. The van der Waals surface area contributed by atoms with Gasteiger partial charge in [0, 0.05) is 30.3 Å². The third-order valence-electron chi connectivity index (χ3n) is 3.94. The molecule has 0 radical (unpaired) electrons. The summed E-state index contributed by atoms with van der Waals surface area (Å²) in [5, 5.41) is 11.7. The molecule has 27 heavy (non-hydrogen) atoms. The minimum absolute atomic E-state index is 0.0645. The Kier molecular flexibility index (Phi) is 5.79. The maximum absolute atomic E-state index is 12.3. The van der Waals surface area contributed by atoms with Crippen molar-refractivity contribution >= 4 is 12.1 Å². The van der Waals surface area contributed by atoms with Crippen molar-refractivity contribution in [3.05, 3.63) is 95.2 Å². The number of nitrogens with zero attached hydrogens (tertiary/aromatic N) is 1. The summed E-state index contributed by atoms with van der Waals surface area (Å²) in [4.78, 5) is 27.0. The fraction of sp³-hybridized carbons (Fsp3) is 0.0952. The van der Waals surface area contributed by atoms with E-state index < -0.39 is 6.16 Å². The molecule has 0 spiro atoms. The second-order valence-electron chi connectivity index (χ2n) is 5.88. The van der Waals surface area contributed by atoms with Gasteiger partial charge >= 0.3 is 6.16 Å². The number of rotatable bonds is 6. The summed E-state index contributed by atoms with van der Waals surface area (Å²) < 4.78 is 4.69. The van der Waals surface area contributed by atoms with Crippen molar-refractivity contribution in [2.24, 2.45) is 0 Å². The van der Waals surface area contributed by atoms with Gasteiger partial charge in [-0.3, -0.25) is 4.79 Å². The van der Waals surface area contributed by atoms with E-state index in [1.54, 1.807) is 24.3 Å². The van der Waals surface area contributed by atoms with Crippen LogP contribution in [0, 0.1) is 0 Å². The number of pyridine rings is 1. The summed E-state index contributed by atoms with van der Waals surface area (Å²) in [5.74, 6) is -0.0867. The molecule has 6 nitrogen and oxygen atoms in total. The molecule has 3 rings (SSSR count). The van der Waals surface area contributed by atoms with E-state index in [9.17, 15) is 9.59 Å². The third-order valence-corrected chi connectivity index (χ3v) is 3.94. The van der Waals surface area contributed by atoms with E-state index >= 15 is 0 Å². The van der Waals surface area contributed by atoms with E-state index in [0.29, 0.717) is 24.1 Å². The van der Waals surface area contributed by atoms with E-state index in [1.165, 1.54) is 6.20 Å². The Morgan fingerprint density at radius 2 is 1.67 bits per heavy atom. The van der Waals surface area contributed by atoms with Crippen LogP contribution in [0.5, 0.6) is 5.88 Å². The molecule has 0 aliphatic carbocycles. The van der Waals surface area contributed by atoms with Crippen LogP contribution in [-0.4, -0.2) is 22.2 Å². The minimum atomic E-state index is -1.40. The molecule has 0 aliphatic rings. The standard InChI is InChI=1S/C21H18N2O4/c24-19(23-14-16-5-2-1-3-6-16)17-10-8-15(9-11-17)13-18-7-4-12-22-20(18)27-21(25)26/h1-12H,13-14H2,(H,23,24)(H,25,26). The molecular weight excluding hydrogens is 344 g/mol. The monoisotopic (exact) mass is 362 g/mol. The lowest BCUT2D eigenvalue weighted by Crippen LogP contribution is -2.22. The largest absolute Gasteiger partial charge is 0.512 e. The molecule has 0 aliphatic heterocycles.